The normalized spacial score (nSPS) is 11.1. The molecule has 0 atom stereocenters. The number of carbonyl (C=O) groups excluding carboxylic acids is 2. The van der Waals surface area contributed by atoms with Crippen molar-refractivity contribution >= 4 is 35.0 Å². The number of carbonyl (C=O) groups is 2. The Kier molecular flexibility index (Phi) is 5.92. The average Bonchev–Trinajstić information content (AvgIpc) is 2.36. The number of hydrogen-bond acceptors (Lipinski definition) is 4. The third kappa shape index (κ3) is 5.47. The van der Waals surface area contributed by atoms with Gasteiger partial charge in [-0.2, -0.15) is 0 Å². The first-order chi connectivity index (χ1) is 9.64. The quantitative estimate of drug-likeness (QED) is 0.916. The number of halogens is 2. The molecule has 1 aromatic rings. The highest BCUT2D eigenvalue weighted by Gasteiger charge is 2.23. The molecule has 1 heterocycles. The molecule has 2 amide bonds. The van der Waals surface area contributed by atoms with E-state index in [1.807, 2.05) is 20.8 Å². The molecule has 0 aliphatic heterocycles. The first-order valence-corrected chi connectivity index (χ1v) is 7.18. The molecule has 1 rings (SSSR count). The third-order valence-electron chi connectivity index (χ3n) is 2.47. The minimum absolute atomic E-state index is 0.0425. The second kappa shape index (κ2) is 7.04. The van der Waals surface area contributed by atoms with E-state index in [0.29, 0.717) is 6.54 Å². The molecule has 0 fully saturated rings. The molecule has 0 saturated carbocycles. The minimum Gasteiger partial charge on any atom is -0.350 e. The smallest absolute Gasteiger partial charge is 0.257 e. The largest absolute Gasteiger partial charge is 0.350 e. The predicted molar refractivity (Wildman–Crippen MR) is 81.5 cm³/mol. The Morgan fingerprint density at radius 3 is 2.43 bits per heavy atom. The van der Waals surface area contributed by atoms with Gasteiger partial charge in [0.1, 0.15) is 0 Å². The molecule has 6 nitrogen and oxygen atoms in total. The summed E-state index contributed by atoms with van der Waals surface area (Å²) in [6.45, 7) is 7.66. The number of amides is 2. The SMILES string of the molecule is CCN(CC(=O)NC(C)(C)C)C(=O)c1cc(Cl)nnc1Cl. The lowest BCUT2D eigenvalue weighted by atomic mass is 10.1. The summed E-state index contributed by atoms with van der Waals surface area (Å²) in [6, 6.07) is 1.34. The van der Waals surface area contributed by atoms with E-state index in [1.54, 1.807) is 6.92 Å². The van der Waals surface area contributed by atoms with Gasteiger partial charge in [-0.05, 0) is 33.8 Å². The van der Waals surface area contributed by atoms with E-state index >= 15 is 0 Å². The van der Waals surface area contributed by atoms with Crippen molar-refractivity contribution in [2.45, 2.75) is 33.2 Å². The van der Waals surface area contributed by atoms with E-state index in [9.17, 15) is 9.59 Å². The van der Waals surface area contributed by atoms with Crippen LogP contribution in [0.4, 0.5) is 0 Å². The molecule has 0 aliphatic carbocycles. The number of nitrogens with zero attached hydrogens (tertiary/aromatic N) is 3. The third-order valence-corrected chi connectivity index (χ3v) is 2.93. The standard InChI is InChI=1S/C13H18Cl2N4O2/c1-5-19(7-10(20)16-13(2,3)4)12(21)8-6-9(14)17-18-11(8)15/h6H,5,7H2,1-4H3,(H,16,20). The number of likely N-dealkylation sites (N-methyl/N-ethyl adjacent to an activating group) is 1. The van der Waals surface area contributed by atoms with Gasteiger partial charge in [-0.25, -0.2) is 0 Å². The maximum Gasteiger partial charge on any atom is 0.257 e. The Labute approximate surface area is 133 Å². The van der Waals surface area contributed by atoms with Crippen LogP contribution in [0.1, 0.15) is 38.1 Å². The van der Waals surface area contributed by atoms with Gasteiger partial charge in [0.15, 0.2) is 10.3 Å². The lowest BCUT2D eigenvalue weighted by molar-refractivity contribution is -0.123. The molecule has 21 heavy (non-hydrogen) atoms. The molecule has 0 bridgehead atoms. The van der Waals surface area contributed by atoms with Crippen LogP contribution in [0, 0.1) is 0 Å². The summed E-state index contributed by atoms with van der Waals surface area (Å²) in [6.07, 6.45) is 0. The van der Waals surface area contributed by atoms with Crippen molar-refractivity contribution in [2.24, 2.45) is 0 Å². The molecule has 0 aliphatic rings. The van der Waals surface area contributed by atoms with Crippen LogP contribution in [0.5, 0.6) is 0 Å². The molecule has 0 saturated heterocycles. The molecular formula is C13H18Cl2N4O2. The predicted octanol–water partition coefficient (Wildman–Crippen LogP) is 2.16. The van der Waals surface area contributed by atoms with Crippen molar-refractivity contribution in [3.8, 4) is 0 Å². The van der Waals surface area contributed by atoms with Crippen molar-refractivity contribution in [2.75, 3.05) is 13.1 Å². The average molecular weight is 333 g/mol. The van der Waals surface area contributed by atoms with Crippen LogP contribution in [0.2, 0.25) is 10.3 Å². The van der Waals surface area contributed by atoms with Gasteiger partial charge in [0.25, 0.3) is 5.91 Å². The van der Waals surface area contributed by atoms with Gasteiger partial charge < -0.3 is 10.2 Å². The van der Waals surface area contributed by atoms with Crippen LogP contribution < -0.4 is 5.32 Å². The van der Waals surface area contributed by atoms with E-state index in [-0.39, 0.29) is 33.9 Å². The molecule has 0 radical (unpaired) electrons. The van der Waals surface area contributed by atoms with E-state index in [0.717, 1.165) is 0 Å². The summed E-state index contributed by atoms with van der Waals surface area (Å²) >= 11 is 11.6. The van der Waals surface area contributed by atoms with Gasteiger partial charge in [0.2, 0.25) is 5.91 Å². The highest BCUT2D eigenvalue weighted by Crippen LogP contribution is 2.17. The lowest BCUT2D eigenvalue weighted by Gasteiger charge is -2.25. The Balaban J connectivity index is 2.87. The summed E-state index contributed by atoms with van der Waals surface area (Å²) < 4.78 is 0. The molecular weight excluding hydrogens is 315 g/mol. The van der Waals surface area contributed by atoms with Crippen LogP contribution in [0.15, 0.2) is 6.07 Å². The molecule has 8 heteroatoms. The minimum atomic E-state index is -0.414. The highest BCUT2D eigenvalue weighted by atomic mass is 35.5. The lowest BCUT2D eigenvalue weighted by Crippen LogP contribution is -2.47. The summed E-state index contributed by atoms with van der Waals surface area (Å²) in [5.74, 6) is -0.662. The van der Waals surface area contributed by atoms with Gasteiger partial charge in [-0.3, -0.25) is 9.59 Å². The van der Waals surface area contributed by atoms with Gasteiger partial charge in [0.05, 0.1) is 12.1 Å². The summed E-state index contributed by atoms with van der Waals surface area (Å²) in [7, 11) is 0. The molecule has 0 aromatic carbocycles. The number of hydrogen-bond donors (Lipinski definition) is 1. The van der Waals surface area contributed by atoms with E-state index in [2.05, 4.69) is 15.5 Å². The Morgan fingerprint density at radius 2 is 1.90 bits per heavy atom. The first kappa shape index (κ1) is 17.7. The fourth-order valence-electron chi connectivity index (χ4n) is 1.63. The summed E-state index contributed by atoms with van der Waals surface area (Å²) in [4.78, 5) is 25.7. The second-order valence-electron chi connectivity index (χ2n) is 5.49. The van der Waals surface area contributed by atoms with Crippen molar-refractivity contribution in [1.29, 1.82) is 0 Å². The number of rotatable bonds is 4. The van der Waals surface area contributed by atoms with E-state index in [4.69, 9.17) is 23.2 Å². The molecule has 116 valence electrons. The van der Waals surface area contributed by atoms with Crippen LogP contribution in [-0.2, 0) is 4.79 Å². The zero-order valence-electron chi connectivity index (χ0n) is 12.4. The zero-order valence-corrected chi connectivity index (χ0v) is 13.9. The molecule has 1 N–H and O–H groups in total. The number of aromatic nitrogens is 2. The topological polar surface area (TPSA) is 75.2 Å². The second-order valence-corrected chi connectivity index (χ2v) is 6.23. The van der Waals surface area contributed by atoms with Crippen molar-refractivity contribution in [1.82, 2.24) is 20.4 Å². The molecule has 0 spiro atoms. The fourth-order valence-corrected chi connectivity index (χ4v) is 1.95. The van der Waals surface area contributed by atoms with Crippen molar-refractivity contribution in [3.05, 3.63) is 21.9 Å². The Hall–Kier alpha value is -1.40. The Morgan fingerprint density at radius 1 is 1.29 bits per heavy atom. The first-order valence-electron chi connectivity index (χ1n) is 6.43. The maximum atomic E-state index is 12.4. The van der Waals surface area contributed by atoms with Crippen molar-refractivity contribution in [3.63, 3.8) is 0 Å². The van der Waals surface area contributed by atoms with Crippen LogP contribution >= 0.6 is 23.2 Å². The molecule has 0 unspecified atom stereocenters. The van der Waals surface area contributed by atoms with E-state index in [1.165, 1.54) is 11.0 Å². The van der Waals surface area contributed by atoms with Gasteiger partial charge >= 0.3 is 0 Å². The highest BCUT2D eigenvalue weighted by molar-refractivity contribution is 6.34. The van der Waals surface area contributed by atoms with Gasteiger partial charge in [-0.1, -0.05) is 23.2 Å². The van der Waals surface area contributed by atoms with Crippen LogP contribution in [0.3, 0.4) is 0 Å². The van der Waals surface area contributed by atoms with Crippen molar-refractivity contribution < 1.29 is 9.59 Å². The fraction of sp³-hybridized carbons (Fsp3) is 0.538. The maximum absolute atomic E-state index is 12.4. The summed E-state index contributed by atoms with van der Waals surface area (Å²) in [5.41, 5.74) is -0.235. The number of nitrogens with one attached hydrogen (secondary N) is 1. The van der Waals surface area contributed by atoms with Crippen LogP contribution in [0.25, 0.3) is 0 Å². The van der Waals surface area contributed by atoms with Crippen LogP contribution in [-0.4, -0.2) is 45.5 Å². The van der Waals surface area contributed by atoms with E-state index < -0.39 is 5.91 Å². The monoisotopic (exact) mass is 332 g/mol. The van der Waals surface area contributed by atoms with Gasteiger partial charge in [0, 0.05) is 12.1 Å². The molecule has 1 aromatic heterocycles. The Bertz CT molecular complexity index is 543. The zero-order chi connectivity index (χ0) is 16.2. The summed E-state index contributed by atoms with van der Waals surface area (Å²) in [5, 5.41) is 9.96. The van der Waals surface area contributed by atoms with Gasteiger partial charge in [-0.15, -0.1) is 10.2 Å².